The maximum Gasteiger partial charge on any atom is 0.244 e. The van der Waals surface area contributed by atoms with E-state index in [0.717, 1.165) is 9.87 Å². The van der Waals surface area contributed by atoms with Crippen molar-refractivity contribution in [1.29, 1.82) is 0 Å². The normalized spacial score (nSPS) is 12.8. The Morgan fingerprint density at radius 1 is 1.28 bits per heavy atom. The van der Waals surface area contributed by atoms with E-state index in [2.05, 4.69) is 10.3 Å². The maximum absolute atomic E-state index is 12.4. The molecule has 0 aliphatic rings. The lowest BCUT2D eigenvalue weighted by Gasteiger charge is -2.19. The molecule has 1 heterocycles. The number of nitrogens with one attached hydrogen (secondary N) is 1. The molecule has 0 aliphatic heterocycles. The monoisotopic (exact) mass is 401 g/mol. The number of rotatable bonds is 6. The molecule has 1 N–H and O–H groups in total. The highest BCUT2D eigenvalue weighted by atomic mass is 35.5. The largest absolute Gasteiger partial charge is 0.348 e. The minimum Gasteiger partial charge on any atom is -0.348 e. The third-order valence-electron chi connectivity index (χ3n) is 3.53. The van der Waals surface area contributed by atoms with Crippen molar-refractivity contribution in [2.24, 2.45) is 0 Å². The Hall–Kier alpha value is -1.67. The minimum atomic E-state index is -3.78. The highest BCUT2D eigenvalue weighted by molar-refractivity contribution is 7.89. The lowest BCUT2D eigenvalue weighted by atomic mass is 10.1. The van der Waals surface area contributed by atoms with Gasteiger partial charge < -0.3 is 5.32 Å². The van der Waals surface area contributed by atoms with E-state index in [-0.39, 0.29) is 17.5 Å². The summed E-state index contributed by atoms with van der Waals surface area (Å²) in [5.74, 6) is -0.437. The van der Waals surface area contributed by atoms with Gasteiger partial charge in [-0.1, -0.05) is 29.3 Å². The third-order valence-corrected chi connectivity index (χ3v) is 6.06. The van der Waals surface area contributed by atoms with Gasteiger partial charge in [0, 0.05) is 19.4 Å². The summed E-state index contributed by atoms with van der Waals surface area (Å²) in [5.41, 5.74) is 0.764. The number of carbonyl (C=O) groups is 1. The Morgan fingerprint density at radius 2 is 2.00 bits per heavy atom. The Morgan fingerprint density at radius 3 is 2.60 bits per heavy atom. The van der Waals surface area contributed by atoms with E-state index < -0.39 is 15.9 Å². The molecule has 0 spiro atoms. The minimum absolute atomic E-state index is 0.0304. The second-order valence-corrected chi connectivity index (χ2v) is 8.27. The first-order chi connectivity index (χ1) is 11.7. The van der Waals surface area contributed by atoms with Gasteiger partial charge in [0.2, 0.25) is 15.9 Å². The fourth-order valence-electron chi connectivity index (χ4n) is 2.12. The zero-order valence-corrected chi connectivity index (χ0v) is 15.9. The number of halogens is 2. The molecular weight excluding hydrogens is 385 g/mol. The predicted molar refractivity (Wildman–Crippen MR) is 97.1 cm³/mol. The number of pyridine rings is 1. The van der Waals surface area contributed by atoms with Crippen molar-refractivity contribution >= 4 is 39.1 Å². The average molecular weight is 402 g/mol. The molecule has 1 atom stereocenters. The van der Waals surface area contributed by atoms with E-state index >= 15 is 0 Å². The topological polar surface area (TPSA) is 79.4 Å². The highest BCUT2D eigenvalue weighted by Crippen LogP contribution is 2.25. The summed E-state index contributed by atoms with van der Waals surface area (Å²) >= 11 is 11.8. The Bertz CT molecular complexity index is 860. The van der Waals surface area contributed by atoms with E-state index in [0.29, 0.717) is 10.0 Å². The Labute approximate surface area is 156 Å². The molecule has 1 aromatic carbocycles. The molecule has 0 saturated heterocycles. The lowest BCUT2D eigenvalue weighted by molar-refractivity contribution is -0.121. The maximum atomic E-state index is 12.4. The SMILES string of the molecule is CC(NC(=O)CN(C)S(=O)(=O)c1cccnc1)c1ccc(Cl)c(Cl)c1. The van der Waals surface area contributed by atoms with E-state index in [1.807, 2.05) is 0 Å². The van der Waals surface area contributed by atoms with Crippen molar-refractivity contribution < 1.29 is 13.2 Å². The molecule has 0 radical (unpaired) electrons. The zero-order valence-electron chi connectivity index (χ0n) is 13.6. The van der Waals surface area contributed by atoms with Gasteiger partial charge in [-0.05, 0) is 36.8 Å². The van der Waals surface area contributed by atoms with Crippen molar-refractivity contribution in [3.8, 4) is 0 Å². The van der Waals surface area contributed by atoms with Crippen molar-refractivity contribution in [3.63, 3.8) is 0 Å². The van der Waals surface area contributed by atoms with Crippen molar-refractivity contribution in [1.82, 2.24) is 14.6 Å². The van der Waals surface area contributed by atoms with Crippen LogP contribution in [0.3, 0.4) is 0 Å². The van der Waals surface area contributed by atoms with Crippen LogP contribution in [0.25, 0.3) is 0 Å². The van der Waals surface area contributed by atoms with Gasteiger partial charge in [-0.3, -0.25) is 9.78 Å². The van der Waals surface area contributed by atoms with Gasteiger partial charge in [0.25, 0.3) is 0 Å². The lowest BCUT2D eigenvalue weighted by Crippen LogP contribution is -2.39. The van der Waals surface area contributed by atoms with E-state index in [1.165, 1.54) is 31.6 Å². The summed E-state index contributed by atoms with van der Waals surface area (Å²) in [5, 5.41) is 3.54. The Kier molecular flexibility index (Phi) is 6.40. The van der Waals surface area contributed by atoms with Crippen LogP contribution < -0.4 is 5.32 Å². The van der Waals surface area contributed by atoms with Crippen molar-refractivity contribution in [2.75, 3.05) is 13.6 Å². The van der Waals surface area contributed by atoms with Gasteiger partial charge in [0.1, 0.15) is 4.90 Å². The smallest absolute Gasteiger partial charge is 0.244 e. The summed E-state index contributed by atoms with van der Waals surface area (Å²) < 4.78 is 25.7. The van der Waals surface area contributed by atoms with Gasteiger partial charge in [-0.2, -0.15) is 4.31 Å². The molecule has 134 valence electrons. The number of likely N-dealkylation sites (N-methyl/N-ethyl adjacent to an activating group) is 1. The second kappa shape index (κ2) is 8.14. The van der Waals surface area contributed by atoms with Gasteiger partial charge in [-0.25, -0.2) is 8.42 Å². The predicted octanol–water partition coefficient (Wildman–Crippen LogP) is 2.89. The summed E-state index contributed by atoms with van der Waals surface area (Å²) in [4.78, 5) is 16.0. The number of amides is 1. The molecule has 2 rings (SSSR count). The van der Waals surface area contributed by atoms with Crippen LogP contribution in [0, 0.1) is 0 Å². The first-order valence-corrected chi connectivity index (χ1v) is 9.52. The summed E-state index contributed by atoms with van der Waals surface area (Å²) in [7, 11) is -2.44. The highest BCUT2D eigenvalue weighted by Gasteiger charge is 2.23. The number of benzene rings is 1. The summed E-state index contributed by atoms with van der Waals surface area (Å²) in [6.45, 7) is 1.45. The van der Waals surface area contributed by atoms with Gasteiger partial charge in [0.15, 0.2) is 0 Å². The standard InChI is InChI=1S/C16H17Cl2N3O3S/c1-11(12-5-6-14(17)15(18)8-12)20-16(22)10-21(2)25(23,24)13-4-3-7-19-9-13/h3-9,11H,10H2,1-2H3,(H,20,22). The molecule has 1 amide bonds. The quantitative estimate of drug-likeness (QED) is 0.806. The fourth-order valence-corrected chi connectivity index (χ4v) is 3.52. The van der Waals surface area contributed by atoms with E-state index in [4.69, 9.17) is 23.2 Å². The molecule has 25 heavy (non-hydrogen) atoms. The fraction of sp³-hybridized carbons (Fsp3) is 0.250. The van der Waals surface area contributed by atoms with Crippen LogP contribution in [-0.2, 0) is 14.8 Å². The molecule has 0 fully saturated rings. The van der Waals surface area contributed by atoms with Crippen molar-refractivity contribution in [2.45, 2.75) is 17.9 Å². The molecule has 6 nitrogen and oxygen atoms in total. The first-order valence-electron chi connectivity index (χ1n) is 7.32. The van der Waals surface area contributed by atoms with E-state index in [9.17, 15) is 13.2 Å². The van der Waals surface area contributed by atoms with E-state index in [1.54, 1.807) is 25.1 Å². The molecule has 0 saturated carbocycles. The summed E-state index contributed by atoms with van der Waals surface area (Å²) in [6, 6.07) is 7.64. The van der Waals surface area contributed by atoms with Gasteiger partial charge >= 0.3 is 0 Å². The molecular formula is C16H17Cl2N3O3S. The number of hydrogen-bond acceptors (Lipinski definition) is 4. The number of nitrogens with zero attached hydrogens (tertiary/aromatic N) is 2. The van der Waals surface area contributed by atoms with Crippen LogP contribution in [-0.4, -0.2) is 37.2 Å². The molecule has 0 aliphatic carbocycles. The van der Waals surface area contributed by atoms with Crippen LogP contribution in [0.5, 0.6) is 0 Å². The van der Waals surface area contributed by atoms with Crippen LogP contribution in [0.15, 0.2) is 47.6 Å². The first kappa shape index (κ1) is 19.7. The average Bonchev–Trinajstić information content (AvgIpc) is 2.57. The Balaban J connectivity index is 2.03. The molecule has 1 unspecified atom stereocenters. The second-order valence-electron chi connectivity index (χ2n) is 5.41. The number of sulfonamides is 1. The number of carbonyl (C=O) groups excluding carboxylic acids is 1. The molecule has 1 aromatic heterocycles. The van der Waals surface area contributed by atoms with Gasteiger partial charge in [0.05, 0.1) is 22.6 Å². The molecule has 0 bridgehead atoms. The van der Waals surface area contributed by atoms with Crippen LogP contribution in [0.4, 0.5) is 0 Å². The van der Waals surface area contributed by atoms with Crippen molar-refractivity contribution in [3.05, 3.63) is 58.3 Å². The zero-order chi connectivity index (χ0) is 18.6. The summed E-state index contributed by atoms with van der Waals surface area (Å²) in [6.07, 6.45) is 2.72. The van der Waals surface area contributed by atoms with Crippen LogP contribution in [0.1, 0.15) is 18.5 Å². The van der Waals surface area contributed by atoms with Crippen LogP contribution >= 0.6 is 23.2 Å². The third kappa shape index (κ3) is 4.92. The number of hydrogen-bond donors (Lipinski definition) is 1. The van der Waals surface area contributed by atoms with Gasteiger partial charge in [-0.15, -0.1) is 0 Å². The number of aromatic nitrogens is 1. The van der Waals surface area contributed by atoms with Crippen LogP contribution in [0.2, 0.25) is 10.0 Å². The molecule has 2 aromatic rings. The molecule has 9 heteroatoms.